The third-order valence-electron chi connectivity index (χ3n) is 3.30. The fourth-order valence-electron chi connectivity index (χ4n) is 2.32. The highest BCUT2D eigenvalue weighted by Gasteiger charge is 2.32. The zero-order valence-electron chi connectivity index (χ0n) is 9.72. The number of rotatable bonds is 2. The number of carbonyl (C=O) groups excluding carboxylic acids is 1. The second-order valence-electron chi connectivity index (χ2n) is 4.54. The van der Waals surface area contributed by atoms with Gasteiger partial charge in [-0.05, 0) is 12.8 Å². The number of thioether (sulfide) groups is 1. The lowest BCUT2D eigenvalue weighted by Crippen LogP contribution is -2.53. The van der Waals surface area contributed by atoms with Crippen LogP contribution in [0.15, 0.2) is 0 Å². The molecule has 1 amide bonds. The summed E-state index contributed by atoms with van der Waals surface area (Å²) in [6.45, 7) is 1.93. The van der Waals surface area contributed by atoms with Crippen LogP contribution < -0.4 is 5.32 Å². The summed E-state index contributed by atoms with van der Waals surface area (Å²) in [5.74, 6) is 0.745. The third-order valence-corrected chi connectivity index (χ3v) is 4.36. The average Bonchev–Trinajstić information content (AvgIpc) is 2.39. The van der Waals surface area contributed by atoms with Crippen LogP contribution in [0.3, 0.4) is 0 Å². The topological polar surface area (TPSA) is 69.6 Å². The van der Waals surface area contributed by atoms with E-state index in [1.54, 1.807) is 16.7 Å². The summed E-state index contributed by atoms with van der Waals surface area (Å²) in [4.78, 5) is 24.8. The van der Waals surface area contributed by atoms with Crippen molar-refractivity contribution in [2.75, 3.05) is 31.1 Å². The smallest absolute Gasteiger partial charge is 0.308 e. The Balaban J connectivity index is 1.91. The predicted octanol–water partition coefficient (Wildman–Crippen LogP) is 0.0146. The lowest BCUT2D eigenvalue weighted by Gasteiger charge is -2.34. The highest BCUT2D eigenvalue weighted by molar-refractivity contribution is 7.99. The molecule has 5 nitrogen and oxygen atoms in total. The molecule has 2 rings (SSSR count). The molecule has 96 valence electrons. The van der Waals surface area contributed by atoms with Gasteiger partial charge in [0.15, 0.2) is 0 Å². The Morgan fingerprint density at radius 3 is 2.88 bits per heavy atom. The molecule has 0 radical (unpaired) electrons. The van der Waals surface area contributed by atoms with E-state index < -0.39 is 5.97 Å². The number of likely N-dealkylation sites (tertiary alicyclic amines) is 1. The first-order chi connectivity index (χ1) is 8.18. The van der Waals surface area contributed by atoms with E-state index in [0.717, 1.165) is 24.5 Å². The highest BCUT2D eigenvalue weighted by atomic mass is 32.2. The van der Waals surface area contributed by atoms with Gasteiger partial charge in [-0.25, -0.2) is 0 Å². The van der Waals surface area contributed by atoms with Crippen molar-refractivity contribution in [3.05, 3.63) is 0 Å². The molecule has 2 unspecified atom stereocenters. The number of hydrogen-bond acceptors (Lipinski definition) is 4. The number of nitrogens with zero attached hydrogens (tertiary/aromatic N) is 1. The summed E-state index contributed by atoms with van der Waals surface area (Å²) in [5.41, 5.74) is 0. The molecular weight excluding hydrogens is 240 g/mol. The molecule has 6 heteroatoms. The first-order valence-corrected chi connectivity index (χ1v) is 7.16. The predicted molar refractivity (Wildman–Crippen MR) is 66.1 cm³/mol. The number of carbonyl (C=O) groups is 2. The van der Waals surface area contributed by atoms with Crippen LogP contribution in [0.4, 0.5) is 0 Å². The lowest BCUT2D eigenvalue weighted by atomic mass is 9.98. The van der Waals surface area contributed by atoms with Gasteiger partial charge < -0.3 is 15.3 Å². The fourth-order valence-corrected chi connectivity index (χ4v) is 3.25. The highest BCUT2D eigenvalue weighted by Crippen LogP contribution is 2.19. The Morgan fingerprint density at radius 2 is 2.24 bits per heavy atom. The molecule has 0 bridgehead atoms. The molecule has 2 N–H and O–H groups in total. The van der Waals surface area contributed by atoms with Crippen LogP contribution in [0.5, 0.6) is 0 Å². The van der Waals surface area contributed by atoms with Crippen molar-refractivity contribution in [3.63, 3.8) is 0 Å². The molecule has 0 aromatic carbocycles. The third kappa shape index (κ3) is 3.13. The average molecular weight is 258 g/mol. The van der Waals surface area contributed by atoms with Gasteiger partial charge in [0, 0.05) is 31.1 Å². The van der Waals surface area contributed by atoms with Gasteiger partial charge in [0.25, 0.3) is 0 Å². The summed E-state index contributed by atoms with van der Waals surface area (Å²) in [5, 5.41) is 12.2. The summed E-state index contributed by atoms with van der Waals surface area (Å²) in [7, 11) is 0. The van der Waals surface area contributed by atoms with Crippen LogP contribution in [0.25, 0.3) is 0 Å². The van der Waals surface area contributed by atoms with Crippen LogP contribution in [0, 0.1) is 5.92 Å². The van der Waals surface area contributed by atoms with E-state index in [2.05, 4.69) is 5.32 Å². The second kappa shape index (κ2) is 5.73. The number of nitrogens with one attached hydrogen (secondary N) is 1. The monoisotopic (exact) mass is 258 g/mol. The first kappa shape index (κ1) is 12.7. The minimum Gasteiger partial charge on any atom is -0.481 e. The molecule has 2 atom stereocenters. The van der Waals surface area contributed by atoms with E-state index in [1.807, 2.05) is 0 Å². The summed E-state index contributed by atoms with van der Waals surface area (Å²) in [6.07, 6.45) is 1.48. The SMILES string of the molecule is O=C(O)C1CCCN(C(=O)C2CSCCN2)C1. The summed E-state index contributed by atoms with van der Waals surface area (Å²) >= 11 is 1.78. The zero-order chi connectivity index (χ0) is 12.3. The van der Waals surface area contributed by atoms with Gasteiger partial charge in [0.2, 0.25) is 5.91 Å². The van der Waals surface area contributed by atoms with Crippen LogP contribution in [-0.2, 0) is 9.59 Å². The maximum absolute atomic E-state index is 12.2. The van der Waals surface area contributed by atoms with Crippen LogP contribution >= 0.6 is 11.8 Å². The van der Waals surface area contributed by atoms with Crippen molar-refractivity contribution in [1.82, 2.24) is 10.2 Å². The molecule has 2 aliphatic rings. The van der Waals surface area contributed by atoms with E-state index in [1.165, 1.54) is 0 Å². The zero-order valence-corrected chi connectivity index (χ0v) is 10.5. The molecule has 2 fully saturated rings. The molecular formula is C11H18N2O3S. The summed E-state index contributed by atoms with van der Waals surface area (Å²) in [6, 6.07) is -0.124. The van der Waals surface area contributed by atoms with E-state index in [-0.39, 0.29) is 17.9 Å². The Morgan fingerprint density at radius 1 is 1.41 bits per heavy atom. The molecule has 2 heterocycles. The van der Waals surface area contributed by atoms with Gasteiger partial charge in [-0.2, -0.15) is 11.8 Å². The molecule has 2 aliphatic heterocycles. The van der Waals surface area contributed by atoms with E-state index >= 15 is 0 Å². The maximum atomic E-state index is 12.2. The molecule has 0 aromatic heterocycles. The van der Waals surface area contributed by atoms with Gasteiger partial charge >= 0.3 is 5.97 Å². The minimum atomic E-state index is -0.784. The largest absolute Gasteiger partial charge is 0.481 e. The van der Waals surface area contributed by atoms with Crippen molar-refractivity contribution in [3.8, 4) is 0 Å². The fraction of sp³-hybridized carbons (Fsp3) is 0.818. The number of carboxylic acid groups (broad SMARTS) is 1. The first-order valence-electron chi connectivity index (χ1n) is 6.01. The van der Waals surface area contributed by atoms with E-state index in [4.69, 9.17) is 5.11 Å². The molecule has 0 aromatic rings. The van der Waals surface area contributed by atoms with Crippen LogP contribution in [-0.4, -0.2) is 59.1 Å². The Bertz CT molecular complexity index is 305. The Hall–Kier alpha value is -0.750. The number of carboxylic acids is 1. The number of amides is 1. The Labute approximate surface area is 105 Å². The number of aliphatic carboxylic acids is 1. The molecule has 0 aliphatic carbocycles. The van der Waals surface area contributed by atoms with Gasteiger partial charge in [-0.1, -0.05) is 0 Å². The Kier molecular flexibility index (Phi) is 4.28. The van der Waals surface area contributed by atoms with E-state index in [0.29, 0.717) is 19.5 Å². The van der Waals surface area contributed by atoms with E-state index in [9.17, 15) is 9.59 Å². The quantitative estimate of drug-likeness (QED) is 0.730. The molecule has 17 heavy (non-hydrogen) atoms. The van der Waals surface area contributed by atoms with Crippen LogP contribution in [0.1, 0.15) is 12.8 Å². The number of hydrogen-bond donors (Lipinski definition) is 2. The molecule has 0 spiro atoms. The maximum Gasteiger partial charge on any atom is 0.308 e. The van der Waals surface area contributed by atoms with Gasteiger partial charge in [-0.3, -0.25) is 9.59 Å². The molecule has 0 saturated carbocycles. The normalized spacial score (nSPS) is 30.0. The standard InChI is InChI=1S/C11H18N2O3S/c14-10(9-7-17-5-3-12-9)13-4-1-2-8(6-13)11(15)16/h8-9,12H,1-7H2,(H,15,16). The minimum absolute atomic E-state index is 0.0724. The second-order valence-corrected chi connectivity index (χ2v) is 5.69. The van der Waals surface area contributed by atoms with Crippen molar-refractivity contribution in [1.29, 1.82) is 0 Å². The van der Waals surface area contributed by atoms with Gasteiger partial charge in [-0.15, -0.1) is 0 Å². The molecule has 2 saturated heterocycles. The lowest BCUT2D eigenvalue weighted by molar-refractivity contribution is -0.146. The van der Waals surface area contributed by atoms with Crippen molar-refractivity contribution >= 4 is 23.6 Å². The van der Waals surface area contributed by atoms with Crippen molar-refractivity contribution in [2.24, 2.45) is 5.92 Å². The van der Waals surface area contributed by atoms with Crippen molar-refractivity contribution < 1.29 is 14.7 Å². The number of piperidine rings is 1. The summed E-state index contributed by atoms with van der Waals surface area (Å²) < 4.78 is 0. The van der Waals surface area contributed by atoms with Gasteiger partial charge in [0.1, 0.15) is 0 Å². The van der Waals surface area contributed by atoms with Gasteiger partial charge in [0.05, 0.1) is 12.0 Å². The van der Waals surface area contributed by atoms with Crippen LogP contribution in [0.2, 0.25) is 0 Å². The van der Waals surface area contributed by atoms with Crippen molar-refractivity contribution in [2.45, 2.75) is 18.9 Å².